The van der Waals surface area contributed by atoms with Gasteiger partial charge in [-0.2, -0.15) is 13.2 Å². The zero-order valence-corrected chi connectivity index (χ0v) is 8.62. The zero-order valence-electron chi connectivity index (χ0n) is 8.62. The average molecular weight is 244 g/mol. The van der Waals surface area contributed by atoms with Crippen LogP contribution in [0.1, 0.15) is 21.7 Å². The predicted molar refractivity (Wildman–Crippen MR) is 51.9 cm³/mol. The number of hydrogen-bond donors (Lipinski definition) is 1. The summed E-state index contributed by atoms with van der Waals surface area (Å²) in [5.74, 6) is -1.66. The van der Waals surface area contributed by atoms with Crippen molar-refractivity contribution in [2.45, 2.75) is 13.1 Å². The molecule has 0 aromatic carbocycles. The molecule has 0 saturated heterocycles. The molecule has 2 aromatic heterocycles. The highest BCUT2D eigenvalue weighted by atomic mass is 19.4. The number of halogens is 3. The number of imidazole rings is 1. The molecular weight excluding hydrogens is 237 g/mol. The van der Waals surface area contributed by atoms with Gasteiger partial charge in [0.25, 0.3) is 0 Å². The number of aryl methyl sites for hydroxylation is 1. The van der Waals surface area contributed by atoms with E-state index in [0.717, 1.165) is 4.40 Å². The average Bonchev–Trinajstić information content (AvgIpc) is 2.57. The number of carboxylic acids is 1. The molecule has 0 amide bonds. The van der Waals surface area contributed by atoms with Gasteiger partial charge in [0.2, 0.25) is 0 Å². The van der Waals surface area contributed by atoms with Crippen molar-refractivity contribution >= 4 is 11.6 Å². The van der Waals surface area contributed by atoms with E-state index in [2.05, 4.69) is 4.98 Å². The van der Waals surface area contributed by atoms with E-state index in [1.54, 1.807) is 13.0 Å². The SMILES string of the molecule is Cc1cccn2c(C(=O)O)c(C(F)(F)F)nc12. The smallest absolute Gasteiger partial charge is 0.435 e. The van der Waals surface area contributed by atoms with Gasteiger partial charge in [0, 0.05) is 6.20 Å². The van der Waals surface area contributed by atoms with Crippen LogP contribution in [0.3, 0.4) is 0 Å². The second-order valence-electron chi connectivity index (χ2n) is 3.50. The number of aromatic nitrogens is 2. The molecule has 2 aromatic rings. The van der Waals surface area contributed by atoms with Crippen LogP contribution in [0.25, 0.3) is 5.65 Å². The van der Waals surface area contributed by atoms with Gasteiger partial charge in [-0.3, -0.25) is 4.40 Å². The number of pyridine rings is 1. The first-order valence-corrected chi connectivity index (χ1v) is 4.60. The van der Waals surface area contributed by atoms with Gasteiger partial charge in [0.15, 0.2) is 11.4 Å². The van der Waals surface area contributed by atoms with Crippen LogP contribution in [0.15, 0.2) is 18.3 Å². The van der Waals surface area contributed by atoms with Crippen molar-refractivity contribution in [1.29, 1.82) is 0 Å². The number of rotatable bonds is 1. The highest BCUT2D eigenvalue weighted by Gasteiger charge is 2.40. The minimum Gasteiger partial charge on any atom is -0.476 e. The maximum absolute atomic E-state index is 12.6. The molecular formula is C10H7F3N2O2. The lowest BCUT2D eigenvalue weighted by Crippen LogP contribution is -2.13. The summed E-state index contributed by atoms with van der Waals surface area (Å²) in [6, 6.07) is 3.03. The van der Waals surface area contributed by atoms with Crippen LogP contribution in [0, 0.1) is 6.92 Å². The van der Waals surface area contributed by atoms with Crippen LogP contribution in [-0.4, -0.2) is 20.5 Å². The van der Waals surface area contributed by atoms with Crippen molar-refractivity contribution in [2.24, 2.45) is 0 Å². The topological polar surface area (TPSA) is 54.6 Å². The van der Waals surface area contributed by atoms with Crippen LogP contribution in [0.2, 0.25) is 0 Å². The molecule has 0 spiro atoms. The third-order valence-corrected chi connectivity index (χ3v) is 2.32. The summed E-state index contributed by atoms with van der Waals surface area (Å²) in [6.07, 6.45) is -3.54. The summed E-state index contributed by atoms with van der Waals surface area (Å²) >= 11 is 0. The van der Waals surface area contributed by atoms with Gasteiger partial charge in [0.05, 0.1) is 0 Å². The van der Waals surface area contributed by atoms with Crippen molar-refractivity contribution in [3.8, 4) is 0 Å². The highest BCUT2D eigenvalue weighted by molar-refractivity contribution is 5.88. The summed E-state index contributed by atoms with van der Waals surface area (Å²) in [4.78, 5) is 14.3. The van der Waals surface area contributed by atoms with E-state index < -0.39 is 23.5 Å². The summed E-state index contributed by atoms with van der Waals surface area (Å²) in [7, 11) is 0. The second-order valence-corrected chi connectivity index (χ2v) is 3.50. The first-order valence-electron chi connectivity index (χ1n) is 4.60. The predicted octanol–water partition coefficient (Wildman–Crippen LogP) is 2.36. The Morgan fingerprint density at radius 3 is 2.65 bits per heavy atom. The van der Waals surface area contributed by atoms with Crippen molar-refractivity contribution in [3.63, 3.8) is 0 Å². The molecule has 0 saturated carbocycles. The van der Waals surface area contributed by atoms with Gasteiger partial charge in [-0.15, -0.1) is 0 Å². The molecule has 0 aliphatic heterocycles. The van der Waals surface area contributed by atoms with E-state index in [1.807, 2.05) is 0 Å². The van der Waals surface area contributed by atoms with E-state index >= 15 is 0 Å². The van der Waals surface area contributed by atoms with Crippen LogP contribution in [-0.2, 0) is 6.18 Å². The van der Waals surface area contributed by atoms with E-state index in [0.29, 0.717) is 5.56 Å². The monoisotopic (exact) mass is 244 g/mol. The fraction of sp³-hybridized carbons (Fsp3) is 0.200. The molecule has 17 heavy (non-hydrogen) atoms. The number of nitrogens with zero attached hydrogens (tertiary/aromatic N) is 2. The molecule has 2 rings (SSSR count). The quantitative estimate of drug-likeness (QED) is 0.837. The Morgan fingerprint density at radius 1 is 1.47 bits per heavy atom. The molecule has 0 aliphatic rings. The van der Waals surface area contributed by atoms with Crippen LogP contribution < -0.4 is 0 Å². The van der Waals surface area contributed by atoms with Crippen LogP contribution in [0.4, 0.5) is 13.2 Å². The zero-order chi connectivity index (χ0) is 12.8. The van der Waals surface area contributed by atoms with Gasteiger partial charge >= 0.3 is 12.1 Å². The lowest BCUT2D eigenvalue weighted by molar-refractivity contribution is -0.141. The summed E-state index contributed by atoms with van der Waals surface area (Å²) in [6.45, 7) is 1.56. The first-order chi connectivity index (χ1) is 7.82. The molecule has 0 fully saturated rings. The summed E-state index contributed by atoms with van der Waals surface area (Å²) in [5, 5.41) is 8.85. The molecule has 0 radical (unpaired) electrons. The molecule has 0 aliphatic carbocycles. The third-order valence-electron chi connectivity index (χ3n) is 2.32. The maximum atomic E-state index is 12.6. The van der Waals surface area contributed by atoms with Gasteiger partial charge in [-0.25, -0.2) is 9.78 Å². The minimum atomic E-state index is -4.79. The largest absolute Gasteiger partial charge is 0.476 e. The van der Waals surface area contributed by atoms with E-state index in [9.17, 15) is 18.0 Å². The van der Waals surface area contributed by atoms with E-state index in [-0.39, 0.29) is 5.65 Å². The normalized spacial score (nSPS) is 12.0. The number of fused-ring (bicyclic) bond motifs is 1. The summed E-state index contributed by atoms with van der Waals surface area (Å²) < 4.78 is 38.8. The fourth-order valence-electron chi connectivity index (χ4n) is 1.61. The molecule has 0 bridgehead atoms. The molecule has 7 heteroatoms. The maximum Gasteiger partial charge on any atom is 0.435 e. The number of carbonyl (C=O) groups is 1. The van der Waals surface area contributed by atoms with E-state index in [4.69, 9.17) is 5.11 Å². The molecule has 1 N–H and O–H groups in total. The third kappa shape index (κ3) is 1.73. The number of hydrogen-bond acceptors (Lipinski definition) is 2. The Bertz CT molecular complexity index is 601. The van der Waals surface area contributed by atoms with Crippen molar-refractivity contribution in [2.75, 3.05) is 0 Å². The first kappa shape index (κ1) is 11.4. The fourth-order valence-corrected chi connectivity index (χ4v) is 1.61. The molecule has 90 valence electrons. The Labute approximate surface area is 93.3 Å². The molecule has 0 atom stereocenters. The van der Waals surface area contributed by atoms with Crippen molar-refractivity contribution in [3.05, 3.63) is 35.3 Å². The Balaban J connectivity index is 2.90. The number of alkyl halides is 3. The van der Waals surface area contributed by atoms with Crippen LogP contribution in [0.5, 0.6) is 0 Å². The second kappa shape index (κ2) is 3.47. The molecule has 4 nitrogen and oxygen atoms in total. The Kier molecular flexibility index (Phi) is 2.34. The summed E-state index contributed by atoms with van der Waals surface area (Å²) in [5.41, 5.74) is -1.77. The van der Waals surface area contributed by atoms with Crippen molar-refractivity contribution in [1.82, 2.24) is 9.38 Å². The Hall–Kier alpha value is -2.05. The number of aromatic carboxylic acids is 1. The van der Waals surface area contributed by atoms with Gasteiger partial charge < -0.3 is 5.11 Å². The van der Waals surface area contributed by atoms with Gasteiger partial charge in [-0.1, -0.05) is 6.07 Å². The molecule has 2 heterocycles. The molecule has 0 unspecified atom stereocenters. The highest BCUT2D eigenvalue weighted by Crippen LogP contribution is 2.32. The number of carboxylic acid groups (broad SMARTS) is 1. The lowest BCUT2D eigenvalue weighted by Gasteiger charge is -2.03. The van der Waals surface area contributed by atoms with E-state index in [1.165, 1.54) is 12.3 Å². The Morgan fingerprint density at radius 2 is 2.12 bits per heavy atom. The minimum absolute atomic E-state index is 0.00257. The van der Waals surface area contributed by atoms with Crippen LogP contribution >= 0.6 is 0 Å². The van der Waals surface area contributed by atoms with Gasteiger partial charge in [-0.05, 0) is 18.6 Å². The standard InChI is InChI=1S/C10H7F3N2O2/c1-5-3-2-4-15-6(9(16)17)7(10(11,12)13)14-8(5)15/h2-4H,1H3,(H,16,17). The van der Waals surface area contributed by atoms with Gasteiger partial charge in [0.1, 0.15) is 5.65 Å². The van der Waals surface area contributed by atoms with Crippen molar-refractivity contribution < 1.29 is 23.1 Å². The lowest BCUT2D eigenvalue weighted by atomic mass is 10.3.